The Bertz CT molecular complexity index is 648. The Morgan fingerprint density at radius 2 is 1.82 bits per heavy atom. The standard InChI is InChI=1S/C10H4Br2F3NO/c11-5-3-1-2-4-7(5)16-9(10(13,14)15)6(12)8(4)17/h1-3H,(H,16,17). The third kappa shape index (κ3) is 2.13. The van der Waals surface area contributed by atoms with Crippen molar-refractivity contribution in [3.8, 4) is 0 Å². The summed E-state index contributed by atoms with van der Waals surface area (Å²) < 4.78 is 37.9. The number of benzene rings is 1. The van der Waals surface area contributed by atoms with E-state index in [2.05, 4.69) is 36.8 Å². The van der Waals surface area contributed by atoms with Gasteiger partial charge in [-0.25, -0.2) is 0 Å². The Balaban J connectivity index is 2.96. The molecule has 0 bridgehead atoms. The van der Waals surface area contributed by atoms with Gasteiger partial charge in [0.25, 0.3) is 0 Å². The van der Waals surface area contributed by atoms with Gasteiger partial charge in [-0.1, -0.05) is 6.07 Å². The summed E-state index contributed by atoms with van der Waals surface area (Å²) in [5.74, 6) is 0. The molecule has 1 aromatic carbocycles. The summed E-state index contributed by atoms with van der Waals surface area (Å²) in [5.41, 5.74) is -1.64. The van der Waals surface area contributed by atoms with Crippen LogP contribution in [0.1, 0.15) is 5.69 Å². The minimum absolute atomic E-state index is 0.132. The van der Waals surface area contributed by atoms with Gasteiger partial charge in [0.1, 0.15) is 5.69 Å². The van der Waals surface area contributed by atoms with Crippen molar-refractivity contribution < 1.29 is 13.2 Å². The van der Waals surface area contributed by atoms with E-state index in [0.717, 1.165) is 0 Å². The summed E-state index contributed by atoms with van der Waals surface area (Å²) in [6, 6.07) is 4.61. The molecule has 2 aromatic rings. The van der Waals surface area contributed by atoms with Gasteiger partial charge in [-0.05, 0) is 44.0 Å². The highest BCUT2D eigenvalue weighted by Crippen LogP contribution is 2.33. The maximum atomic E-state index is 12.7. The van der Waals surface area contributed by atoms with Crippen LogP contribution in [-0.2, 0) is 6.18 Å². The van der Waals surface area contributed by atoms with Gasteiger partial charge in [0.05, 0.1) is 9.99 Å². The number of fused-ring (bicyclic) bond motifs is 1. The van der Waals surface area contributed by atoms with Gasteiger partial charge in [-0.15, -0.1) is 0 Å². The minimum Gasteiger partial charge on any atom is -0.349 e. The normalized spacial score (nSPS) is 12.1. The molecule has 90 valence electrons. The molecule has 2 rings (SSSR count). The van der Waals surface area contributed by atoms with E-state index in [4.69, 9.17) is 0 Å². The Morgan fingerprint density at radius 1 is 1.18 bits per heavy atom. The van der Waals surface area contributed by atoms with Crippen LogP contribution in [0.25, 0.3) is 10.9 Å². The second-order valence-electron chi connectivity index (χ2n) is 3.30. The molecule has 1 N–H and O–H groups in total. The van der Waals surface area contributed by atoms with E-state index >= 15 is 0 Å². The summed E-state index contributed by atoms with van der Waals surface area (Å²) >= 11 is 5.79. The summed E-state index contributed by atoms with van der Waals surface area (Å²) in [7, 11) is 0. The summed E-state index contributed by atoms with van der Waals surface area (Å²) in [4.78, 5) is 14.0. The van der Waals surface area contributed by atoms with Crippen LogP contribution in [0.15, 0.2) is 31.9 Å². The molecule has 0 atom stereocenters. The lowest BCUT2D eigenvalue weighted by atomic mass is 10.2. The lowest BCUT2D eigenvalue weighted by Crippen LogP contribution is -2.16. The molecule has 0 amide bonds. The number of pyridine rings is 1. The quantitative estimate of drug-likeness (QED) is 0.744. The van der Waals surface area contributed by atoms with Crippen molar-refractivity contribution in [2.75, 3.05) is 0 Å². The fourth-order valence-electron chi connectivity index (χ4n) is 1.45. The summed E-state index contributed by atoms with van der Waals surface area (Å²) in [5, 5.41) is 0.194. The van der Waals surface area contributed by atoms with Crippen molar-refractivity contribution >= 4 is 42.8 Å². The highest BCUT2D eigenvalue weighted by atomic mass is 79.9. The first-order chi connectivity index (χ1) is 7.82. The van der Waals surface area contributed by atoms with Crippen molar-refractivity contribution in [2.45, 2.75) is 6.18 Å². The van der Waals surface area contributed by atoms with E-state index in [1.807, 2.05) is 0 Å². The van der Waals surface area contributed by atoms with Crippen LogP contribution in [0, 0.1) is 0 Å². The molecular formula is C10H4Br2F3NO. The number of hydrogen-bond donors (Lipinski definition) is 1. The maximum Gasteiger partial charge on any atom is 0.432 e. The summed E-state index contributed by atoms with van der Waals surface area (Å²) in [6.07, 6.45) is -4.61. The predicted octanol–water partition coefficient (Wildman–Crippen LogP) is 4.07. The van der Waals surface area contributed by atoms with E-state index < -0.39 is 21.8 Å². The Morgan fingerprint density at radius 3 is 2.41 bits per heavy atom. The van der Waals surface area contributed by atoms with Crippen molar-refractivity contribution in [2.24, 2.45) is 0 Å². The molecular weight excluding hydrogens is 367 g/mol. The zero-order valence-corrected chi connectivity index (χ0v) is 11.2. The van der Waals surface area contributed by atoms with Crippen LogP contribution < -0.4 is 5.43 Å². The first-order valence-corrected chi connectivity index (χ1v) is 5.98. The van der Waals surface area contributed by atoms with Gasteiger partial charge in [0.2, 0.25) is 5.43 Å². The molecule has 0 spiro atoms. The van der Waals surface area contributed by atoms with Crippen molar-refractivity contribution in [3.05, 3.63) is 43.1 Å². The second kappa shape index (κ2) is 4.13. The van der Waals surface area contributed by atoms with E-state index in [1.165, 1.54) is 6.07 Å². The van der Waals surface area contributed by atoms with E-state index in [0.29, 0.717) is 4.47 Å². The molecule has 1 heterocycles. The number of para-hydroxylation sites is 1. The van der Waals surface area contributed by atoms with Crippen LogP contribution in [0.5, 0.6) is 0 Å². The molecule has 0 unspecified atom stereocenters. The zero-order chi connectivity index (χ0) is 12.8. The van der Waals surface area contributed by atoms with Gasteiger partial charge < -0.3 is 4.98 Å². The summed E-state index contributed by atoms with van der Waals surface area (Å²) in [6.45, 7) is 0. The van der Waals surface area contributed by atoms with Gasteiger partial charge in [0, 0.05) is 9.86 Å². The first kappa shape index (κ1) is 12.6. The molecule has 0 saturated heterocycles. The maximum absolute atomic E-state index is 12.7. The molecule has 0 radical (unpaired) electrons. The number of aromatic amines is 1. The van der Waals surface area contributed by atoms with Gasteiger partial charge >= 0.3 is 6.18 Å². The fourth-order valence-corrected chi connectivity index (χ4v) is 2.45. The molecule has 1 aromatic heterocycles. The molecule has 0 aliphatic heterocycles. The molecule has 0 saturated carbocycles. The number of H-pyrrole nitrogens is 1. The Labute approximate surface area is 110 Å². The van der Waals surface area contributed by atoms with E-state index in [9.17, 15) is 18.0 Å². The molecule has 0 aliphatic rings. The largest absolute Gasteiger partial charge is 0.432 e. The first-order valence-electron chi connectivity index (χ1n) is 4.39. The molecule has 0 aliphatic carbocycles. The predicted molar refractivity (Wildman–Crippen MR) is 65.0 cm³/mol. The lowest BCUT2D eigenvalue weighted by Gasteiger charge is -2.11. The van der Waals surface area contributed by atoms with E-state index in [1.54, 1.807) is 12.1 Å². The van der Waals surface area contributed by atoms with Crippen LogP contribution in [0.3, 0.4) is 0 Å². The second-order valence-corrected chi connectivity index (χ2v) is 4.95. The number of hydrogen-bond acceptors (Lipinski definition) is 1. The van der Waals surface area contributed by atoms with Crippen LogP contribution in [0.2, 0.25) is 0 Å². The molecule has 2 nitrogen and oxygen atoms in total. The van der Waals surface area contributed by atoms with Crippen LogP contribution in [0.4, 0.5) is 13.2 Å². The van der Waals surface area contributed by atoms with Crippen molar-refractivity contribution in [1.82, 2.24) is 4.98 Å². The highest BCUT2D eigenvalue weighted by molar-refractivity contribution is 9.11. The van der Waals surface area contributed by atoms with Crippen LogP contribution in [-0.4, -0.2) is 4.98 Å². The number of rotatable bonds is 0. The van der Waals surface area contributed by atoms with Crippen molar-refractivity contribution in [3.63, 3.8) is 0 Å². The van der Waals surface area contributed by atoms with Crippen molar-refractivity contribution in [1.29, 1.82) is 0 Å². The molecule has 17 heavy (non-hydrogen) atoms. The Kier molecular flexibility index (Phi) is 3.07. The topological polar surface area (TPSA) is 32.9 Å². The van der Waals surface area contributed by atoms with Gasteiger partial charge in [0.15, 0.2) is 0 Å². The lowest BCUT2D eigenvalue weighted by molar-refractivity contribution is -0.141. The Hall–Kier alpha value is -0.820. The smallest absolute Gasteiger partial charge is 0.349 e. The number of halogens is 5. The molecule has 0 fully saturated rings. The van der Waals surface area contributed by atoms with Gasteiger partial charge in [-0.2, -0.15) is 13.2 Å². The van der Waals surface area contributed by atoms with Gasteiger partial charge in [-0.3, -0.25) is 4.79 Å². The third-order valence-electron chi connectivity index (χ3n) is 2.21. The average molecular weight is 371 g/mol. The average Bonchev–Trinajstić information content (AvgIpc) is 2.22. The number of alkyl halides is 3. The highest BCUT2D eigenvalue weighted by Gasteiger charge is 2.35. The monoisotopic (exact) mass is 369 g/mol. The third-order valence-corrected chi connectivity index (χ3v) is 3.63. The zero-order valence-electron chi connectivity index (χ0n) is 8.03. The number of nitrogens with one attached hydrogen (secondary N) is 1. The van der Waals surface area contributed by atoms with E-state index in [-0.39, 0.29) is 10.9 Å². The SMILES string of the molecule is O=c1c(Br)c(C(F)(F)F)[nH]c2c(Br)cccc12. The number of aromatic nitrogens is 1. The minimum atomic E-state index is -4.61. The molecule has 7 heteroatoms. The fraction of sp³-hybridized carbons (Fsp3) is 0.100. The van der Waals surface area contributed by atoms with Crippen LogP contribution >= 0.6 is 31.9 Å².